The van der Waals surface area contributed by atoms with Crippen molar-refractivity contribution in [2.75, 3.05) is 19.6 Å². The lowest BCUT2D eigenvalue weighted by molar-refractivity contribution is -0.134. The van der Waals surface area contributed by atoms with Crippen LogP contribution in [0.15, 0.2) is 30.3 Å². The third-order valence-electron chi connectivity index (χ3n) is 6.63. The van der Waals surface area contributed by atoms with Crippen LogP contribution in [-0.2, 0) is 11.2 Å². The van der Waals surface area contributed by atoms with Gasteiger partial charge in [0.2, 0.25) is 5.91 Å². The fourth-order valence-electron chi connectivity index (χ4n) is 4.88. The van der Waals surface area contributed by atoms with Gasteiger partial charge in [0.25, 0.3) is 0 Å². The van der Waals surface area contributed by atoms with Crippen LogP contribution in [0, 0.1) is 17.3 Å². The number of nitrogens with zero attached hydrogens (tertiary/aromatic N) is 1. The van der Waals surface area contributed by atoms with Crippen molar-refractivity contribution in [3.05, 3.63) is 35.9 Å². The van der Waals surface area contributed by atoms with Crippen molar-refractivity contribution in [2.45, 2.75) is 45.1 Å². The van der Waals surface area contributed by atoms with E-state index in [2.05, 4.69) is 47.5 Å². The Hall–Kier alpha value is -1.35. The Balaban J connectivity index is 1.38. The van der Waals surface area contributed by atoms with Gasteiger partial charge in [-0.15, -0.1) is 0 Å². The molecule has 3 aliphatic rings. The number of nitrogens with one attached hydrogen (secondary N) is 1. The molecule has 3 nitrogen and oxygen atoms in total. The minimum absolute atomic E-state index is 0.322. The summed E-state index contributed by atoms with van der Waals surface area (Å²) in [6, 6.07) is 11.1. The van der Waals surface area contributed by atoms with Gasteiger partial charge in [-0.05, 0) is 69.0 Å². The molecule has 0 radical (unpaired) electrons. The van der Waals surface area contributed by atoms with Gasteiger partial charge in [0, 0.05) is 18.5 Å². The van der Waals surface area contributed by atoms with Gasteiger partial charge >= 0.3 is 0 Å². The van der Waals surface area contributed by atoms with Crippen LogP contribution >= 0.6 is 0 Å². The first-order chi connectivity index (χ1) is 11.2. The standard InChI is InChI=1S/C20H28N2O/c1-15-17(13-16-5-3-2-4-6-16)7-12-22(15)19(23)18-14-20(18)8-10-21-11-9-20/h2-6,15,17-18,21H,7-14H2,1H3. The molecule has 2 heterocycles. The summed E-state index contributed by atoms with van der Waals surface area (Å²) in [6.07, 6.45) is 5.78. The number of piperidine rings is 1. The predicted octanol–water partition coefficient (Wildman–Crippen LogP) is 2.86. The van der Waals surface area contributed by atoms with E-state index in [0.29, 0.717) is 29.2 Å². The molecule has 0 aromatic heterocycles. The molecule has 1 aromatic rings. The van der Waals surface area contributed by atoms with Crippen molar-refractivity contribution >= 4 is 5.91 Å². The number of benzene rings is 1. The number of hydrogen-bond donors (Lipinski definition) is 1. The smallest absolute Gasteiger partial charge is 0.226 e. The average molecular weight is 312 g/mol. The maximum atomic E-state index is 13.0. The molecule has 2 saturated heterocycles. The fourth-order valence-corrected chi connectivity index (χ4v) is 4.88. The van der Waals surface area contributed by atoms with Crippen LogP contribution in [-0.4, -0.2) is 36.5 Å². The number of carbonyl (C=O) groups is 1. The first-order valence-corrected chi connectivity index (χ1v) is 9.25. The maximum absolute atomic E-state index is 13.0. The quantitative estimate of drug-likeness (QED) is 0.931. The first-order valence-electron chi connectivity index (χ1n) is 9.25. The van der Waals surface area contributed by atoms with Crippen LogP contribution in [0.4, 0.5) is 0 Å². The molecule has 1 aromatic carbocycles. The van der Waals surface area contributed by atoms with Crippen molar-refractivity contribution in [1.82, 2.24) is 10.2 Å². The SMILES string of the molecule is CC1C(Cc2ccccc2)CCN1C(=O)C1CC12CCNCC2. The van der Waals surface area contributed by atoms with E-state index in [1.54, 1.807) is 0 Å². The molecular weight excluding hydrogens is 284 g/mol. The average Bonchev–Trinajstić information content (AvgIpc) is 3.15. The van der Waals surface area contributed by atoms with Crippen LogP contribution in [0.3, 0.4) is 0 Å². The predicted molar refractivity (Wildman–Crippen MR) is 92.1 cm³/mol. The zero-order chi connectivity index (χ0) is 15.9. The molecule has 1 aliphatic carbocycles. The molecule has 23 heavy (non-hydrogen) atoms. The third-order valence-corrected chi connectivity index (χ3v) is 6.63. The van der Waals surface area contributed by atoms with Crippen LogP contribution < -0.4 is 5.32 Å². The summed E-state index contributed by atoms with van der Waals surface area (Å²) >= 11 is 0. The molecule has 3 fully saturated rings. The largest absolute Gasteiger partial charge is 0.339 e. The van der Waals surface area contributed by atoms with Crippen molar-refractivity contribution in [2.24, 2.45) is 17.3 Å². The summed E-state index contributed by atoms with van der Waals surface area (Å²) in [5.74, 6) is 1.39. The lowest BCUT2D eigenvalue weighted by atomic mass is 9.91. The molecule has 1 spiro atoms. The van der Waals surface area contributed by atoms with E-state index in [1.165, 1.54) is 18.4 Å². The molecular formula is C20H28N2O. The monoisotopic (exact) mass is 312 g/mol. The third kappa shape index (κ3) is 2.80. The molecule has 1 amide bonds. The fraction of sp³-hybridized carbons (Fsp3) is 0.650. The second-order valence-corrected chi connectivity index (χ2v) is 7.88. The van der Waals surface area contributed by atoms with Crippen LogP contribution in [0.1, 0.15) is 38.2 Å². The zero-order valence-electron chi connectivity index (χ0n) is 14.1. The van der Waals surface area contributed by atoms with Gasteiger partial charge in [-0.25, -0.2) is 0 Å². The number of likely N-dealkylation sites (tertiary alicyclic amines) is 1. The highest BCUT2D eigenvalue weighted by atomic mass is 16.2. The van der Waals surface area contributed by atoms with E-state index in [4.69, 9.17) is 0 Å². The van der Waals surface area contributed by atoms with Crippen molar-refractivity contribution in [3.8, 4) is 0 Å². The first kappa shape index (κ1) is 15.2. The van der Waals surface area contributed by atoms with E-state index in [0.717, 1.165) is 38.9 Å². The summed E-state index contributed by atoms with van der Waals surface area (Å²) in [5, 5.41) is 3.43. The van der Waals surface area contributed by atoms with Gasteiger partial charge in [-0.1, -0.05) is 30.3 Å². The van der Waals surface area contributed by atoms with Crippen LogP contribution in [0.5, 0.6) is 0 Å². The van der Waals surface area contributed by atoms with Crippen molar-refractivity contribution < 1.29 is 4.79 Å². The minimum Gasteiger partial charge on any atom is -0.339 e. The Labute approximate surface area is 139 Å². The topological polar surface area (TPSA) is 32.3 Å². The van der Waals surface area contributed by atoms with Gasteiger partial charge in [0.1, 0.15) is 0 Å². The summed E-state index contributed by atoms with van der Waals surface area (Å²) in [4.78, 5) is 15.2. The van der Waals surface area contributed by atoms with Gasteiger partial charge in [-0.2, -0.15) is 0 Å². The van der Waals surface area contributed by atoms with Gasteiger partial charge in [-0.3, -0.25) is 4.79 Å². The van der Waals surface area contributed by atoms with Crippen molar-refractivity contribution in [3.63, 3.8) is 0 Å². The molecule has 3 atom stereocenters. The Morgan fingerprint density at radius 3 is 2.74 bits per heavy atom. The molecule has 124 valence electrons. The normalized spacial score (nSPS) is 32.2. The molecule has 4 rings (SSSR count). The lowest BCUT2D eigenvalue weighted by Crippen LogP contribution is -2.39. The highest BCUT2D eigenvalue weighted by Crippen LogP contribution is 2.59. The molecule has 3 unspecified atom stereocenters. The van der Waals surface area contributed by atoms with E-state index in [-0.39, 0.29) is 0 Å². The molecule has 2 aliphatic heterocycles. The summed E-state index contributed by atoms with van der Waals surface area (Å²) in [6.45, 7) is 5.41. The van der Waals surface area contributed by atoms with Crippen LogP contribution in [0.2, 0.25) is 0 Å². The summed E-state index contributed by atoms with van der Waals surface area (Å²) in [7, 11) is 0. The van der Waals surface area contributed by atoms with E-state index >= 15 is 0 Å². The maximum Gasteiger partial charge on any atom is 0.226 e. The molecule has 1 saturated carbocycles. The summed E-state index contributed by atoms with van der Waals surface area (Å²) in [5.41, 5.74) is 1.76. The Kier molecular flexibility index (Phi) is 3.92. The van der Waals surface area contributed by atoms with Gasteiger partial charge in [0.05, 0.1) is 0 Å². The number of rotatable bonds is 3. The lowest BCUT2D eigenvalue weighted by Gasteiger charge is -2.28. The number of carbonyl (C=O) groups excluding carboxylic acids is 1. The molecule has 0 bridgehead atoms. The Morgan fingerprint density at radius 1 is 1.26 bits per heavy atom. The van der Waals surface area contributed by atoms with E-state index in [9.17, 15) is 4.79 Å². The van der Waals surface area contributed by atoms with Crippen LogP contribution in [0.25, 0.3) is 0 Å². The number of amides is 1. The highest BCUT2D eigenvalue weighted by molar-refractivity contribution is 5.83. The van der Waals surface area contributed by atoms with E-state index in [1.807, 2.05) is 0 Å². The molecule has 1 N–H and O–H groups in total. The Bertz CT molecular complexity index is 564. The number of hydrogen-bond acceptors (Lipinski definition) is 2. The second kappa shape index (κ2) is 5.94. The minimum atomic E-state index is 0.322. The van der Waals surface area contributed by atoms with Gasteiger partial charge < -0.3 is 10.2 Å². The van der Waals surface area contributed by atoms with Crippen molar-refractivity contribution in [1.29, 1.82) is 0 Å². The second-order valence-electron chi connectivity index (χ2n) is 7.88. The molecule has 3 heteroatoms. The zero-order valence-corrected chi connectivity index (χ0v) is 14.1. The summed E-state index contributed by atoms with van der Waals surface area (Å²) < 4.78 is 0. The van der Waals surface area contributed by atoms with E-state index < -0.39 is 0 Å². The van der Waals surface area contributed by atoms with Gasteiger partial charge in [0.15, 0.2) is 0 Å². The Morgan fingerprint density at radius 2 is 2.00 bits per heavy atom. The highest BCUT2D eigenvalue weighted by Gasteiger charge is 2.59.